The summed E-state index contributed by atoms with van der Waals surface area (Å²) in [6.45, 7) is 8.22. The first-order valence-corrected chi connectivity index (χ1v) is 13.4. The Kier molecular flexibility index (Phi) is 8.10. The summed E-state index contributed by atoms with van der Waals surface area (Å²) in [5, 5.41) is 4.13. The highest BCUT2D eigenvalue weighted by molar-refractivity contribution is 5.92. The van der Waals surface area contributed by atoms with Gasteiger partial charge in [-0.2, -0.15) is 5.10 Å². The Morgan fingerprint density at radius 2 is 1.60 bits per heavy atom. The molecule has 0 unspecified atom stereocenters. The van der Waals surface area contributed by atoms with E-state index < -0.39 is 11.9 Å². The first kappa shape index (κ1) is 28.2. The van der Waals surface area contributed by atoms with E-state index in [0.29, 0.717) is 17.1 Å². The van der Waals surface area contributed by atoms with Crippen LogP contribution in [0, 0.1) is 27.7 Å². The van der Waals surface area contributed by atoms with Crippen molar-refractivity contribution >= 4 is 18.1 Å². The lowest BCUT2D eigenvalue weighted by atomic mass is 10.2. The number of ether oxygens (including phenoxy) is 2. The van der Waals surface area contributed by atoms with Crippen LogP contribution in [-0.4, -0.2) is 34.3 Å². The average molecular weight is 565 g/mol. The highest BCUT2D eigenvalue weighted by atomic mass is 16.5. The SMILES string of the molecule is COC(=O)c1cccc(-n2c(C)cc(/C=N/NC(=O)c3ccc(COc4ccc(-n5c(C)ccc5C)cc4)o3)c2C)c1. The summed E-state index contributed by atoms with van der Waals surface area (Å²) in [7, 11) is 1.36. The van der Waals surface area contributed by atoms with E-state index in [0.717, 1.165) is 28.3 Å². The summed E-state index contributed by atoms with van der Waals surface area (Å²) < 4.78 is 20.5. The number of nitrogens with one attached hydrogen (secondary N) is 1. The molecule has 0 fully saturated rings. The first-order chi connectivity index (χ1) is 20.2. The van der Waals surface area contributed by atoms with Gasteiger partial charge in [0.2, 0.25) is 0 Å². The molecule has 0 atom stereocenters. The molecule has 0 bridgehead atoms. The number of rotatable bonds is 9. The van der Waals surface area contributed by atoms with Crippen molar-refractivity contribution in [2.45, 2.75) is 34.3 Å². The fraction of sp³-hybridized carbons (Fsp3) is 0.182. The van der Waals surface area contributed by atoms with Gasteiger partial charge in [0.15, 0.2) is 5.76 Å². The van der Waals surface area contributed by atoms with Gasteiger partial charge < -0.3 is 23.0 Å². The third-order valence-corrected chi connectivity index (χ3v) is 7.00. The van der Waals surface area contributed by atoms with Crippen LogP contribution in [0.3, 0.4) is 0 Å². The maximum atomic E-state index is 12.6. The van der Waals surface area contributed by atoms with Crippen molar-refractivity contribution in [2.24, 2.45) is 5.10 Å². The Bertz CT molecular complexity index is 1750. The Labute approximate surface area is 244 Å². The third-order valence-electron chi connectivity index (χ3n) is 7.00. The predicted octanol–water partition coefficient (Wildman–Crippen LogP) is 6.22. The summed E-state index contributed by atoms with van der Waals surface area (Å²) in [4.78, 5) is 24.6. The second-order valence-electron chi connectivity index (χ2n) is 9.90. The van der Waals surface area contributed by atoms with Crippen molar-refractivity contribution < 1.29 is 23.5 Å². The van der Waals surface area contributed by atoms with Crippen molar-refractivity contribution in [3.63, 3.8) is 0 Å². The van der Waals surface area contributed by atoms with Gasteiger partial charge in [-0.25, -0.2) is 10.2 Å². The van der Waals surface area contributed by atoms with E-state index in [4.69, 9.17) is 13.9 Å². The standard InChI is InChI=1S/C33H32N4O5/c1-21-9-10-22(2)36(21)27-11-13-29(14-12-27)41-20-30-15-16-31(42-30)32(38)35-34-19-26-17-23(3)37(24(26)4)28-8-6-7-25(18-28)33(39)40-5/h6-19H,20H2,1-5H3,(H,35,38)/b34-19+. The number of hydrazone groups is 1. The molecule has 0 saturated carbocycles. The van der Waals surface area contributed by atoms with Gasteiger partial charge in [-0.15, -0.1) is 0 Å². The van der Waals surface area contributed by atoms with E-state index >= 15 is 0 Å². The van der Waals surface area contributed by atoms with Crippen LogP contribution in [-0.2, 0) is 11.3 Å². The van der Waals surface area contributed by atoms with Crippen molar-refractivity contribution in [1.29, 1.82) is 0 Å². The number of methoxy groups -OCH3 is 1. The van der Waals surface area contributed by atoms with E-state index in [1.54, 1.807) is 36.5 Å². The van der Waals surface area contributed by atoms with Crippen LogP contribution in [0.2, 0.25) is 0 Å². The quantitative estimate of drug-likeness (QED) is 0.130. The van der Waals surface area contributed by atoms with Gasteiger partial charge in [-0.1, -0.05) is 6.07 Å². The minimum atomic E-state index is -0.473. The molecule has 9 heteroatoms. The molecule has 42 heavy (non-hydrogen) atoms. The molecule has 0 aliphatic heterocycles. The summed E-state index contributed by atoms with van der Waals surface area (Å²) in [5.74, 6) is 0.471. The zero-order valence-corrected chi connectivity index (χ0v) is 24.2. The van der Waals surface area contributed by atoms with Crippen molar-refractivity contribution in [3.05, 3.63) is 124 Å². The minimum absolute atomic E-state index is 0.129. The largest absolute Gasteiger partial charge is 0.486 e. The molecule has 0 aliphatic rings. The number of aromatic nitrogens is 2. The van der Waals surface area contributed by atoms with Gasteiger partial charge in [-0.05, 0) is 100 Å². The molecular formula is C33H32N4O5. The highest BCUT2D eigenvalue weighted by Gasteiger charge is 2.14. The Morgan fingerprint density at radius 1 is 0.857 bits per heavy atom. The molecule has 0 spiro atoms. The van der Waals surface area contributed by atoms with Crippen LogP contribution in [0.4, 0.5) is 0 Å². The van der Waals surface area contributed by atoms with Gasteiger partial charge in [0, 0.05) is 39.7 Å². The monoisotopic (exact) mass is 564 g/mol. The number of benzene rings is 2. The highest BCUT2D eigenvalue weighted by Crippen LogP contribution is 2.22. The van der Waals surface area contributed by atoms with Gasteiger partial charge in [0.05, 0.1) is 18.9 Å². The zero-order chi connectivity index (χ0) is 29.8. The molecule has 1 N–H and O–H groups in total. The number of hydrogen-bond acceptors (Lipinski definition) is 6. The molecule has 0 aliphatic carbocycles. The fourth-order valence-electron chi connectivity index (χ4n) is 4.92. The molecule has 0 radical (unpaired) electrons. The van der Waals surface area contributed by atoms with Crippen LogP contribution in [0.25, 0.3) is 11.4 Å². The van der Waals surface area contributed by atoms with E-state index in [2.05, 4.69) is 41.1 Å². The molecule has 2 aromatic carbocycles. The first-order valence-electron chi connectivity index (χ1n) is 13.4. The second kappa shape index (κ2) is 12.1. The van der Waals surface area contributed by atoms with Crippen LogP contribution >= 0.6 is 0 Å². The third kappa shape index (κ3) is 5.90. The maximum Gasteiger partial charge on any atom is 0.337 e. The average Bonchev–Trinajstić information content (AvgIpc) is 3.68. The number of aryl methyl sites for hydroxylation is 3. The lowest BCUT2D eigenvalue weighted by Gasteiger charge is -2.11. The second-order valence-corrected chi connectivity index (χ2v) is 9.90. The number of carbonyl (C=O) groups excluding carboxylic acids is 2. The number of furan rings is 1. The fourth-order valence-corrected chi connectivity index (χ4v) is 4.92. The van der Waals surface area contributed by atoms with E-state index in [1.165, 1.54) is 18.5 Å². The molecular weight excluding hydrogens is 532 g/mol. The molecule has 214 valence electrons. The van der Waals surface area contributed by atoms with Crippen LogP contribution in [0.5, 0.6) is 5.75 Å². The van der Waals surface area contributed by atoms with E-state index in [-0.39, 0.29) is 12.4 Å². The van der Waals surface area contributed by atoms with Crippen molar-refractivity contribution in [3.8, 4) is 17.1 Å². The smallest absolute Gasteiger partial charge is 0.337 e. The summed E-state index contributed by atoms with van der Waals surface area (Å²) in [6.07, 6.45) is 1.58. The molecule has 5 aromatic rings. The normalized spacial score (nSPS) is 11.2. The minimum Gasteiger partial charge on any atom is -0.486 e. The molecule has 1 amide bonds. The lowest BCUT2D eigenvalue weighted by Crippen LogP contribution is -2.16. The number of carbonyl (C=O) groups is 2. The maximum absolute atomic E-state index is 12.6. The Balaban J connectivity index is 1.18. The van der Waals surface area contributed by atoms with Gasteiger partial charge >= 0.3 is 11.9 Å². The number of esters is 1. The van der Waals surface area contributed by atoms with Gasteiger partial charge in [0.25, 0.3) is 0 Å². The number of amides is 1. The van der Waals surface area contributed by atoms with Crippen molar-refractivity contribution in [1.82, 2.24) is 14.6 Å². The van der Waals surface area contributed by atoms with Crippen molar-refractivity contribution in [2.75, 3.05) is 7.11 Å². The molecule has 3 aromatic heterocycles. The Hall–Kier alpha value is -5.31. The Morgan fingerprint density at radius 3 is 2.31 bits per heavy atom. The summed E-state index contributed by atoms with van der Waals surface area (Å²) in [5.41, 5.74) is 9.86. The predicted molar refractivity (Wildman–Crippen MR) is 160 cm³/mol. The number of nitrogens with zero attached hydrogens (tertiary/aromatic N) is 3. The van der Waals surface area contributed by atoms with E-state index in [1.807, 2.05) is 54.8 Å². The lowest BCUT2D eigenvalue weighted by molar-refractivity contribution is 0.0600. The van der Waals surface area contributed by atoms with Crippen LogP contribution in [0.1, 0.15) is 55.0 Å². The summed E-state index contributed by atoms with van der Waals surface area (Å²) >= 11 is 0. The summed E-state index contributed by atoms with van der Waals surface area (Å²) in [6, 6.07) is 24.4. The number of hydrogen-bond donors (Lipinski definition) is 1. The molecule has 3 heterocycles. The van der Waals surface area contributed by atoms with Gasteiger partial charge in [-0.3, -0.25) is 4.79 Å². The van der Waals surface area contributed by atoms with E-state index in [9.17, 15) is 9.59 Å². The molecule has 9 nitrogen and oxygen atoms in total. The van der Waals surface area contributed by atoms with Crippen LogP contribution < -0.4 is 10.2 Å². The zero-order valence-electron chi connectivity index (χ0n) is 24.2. The van der Waals surface area contributed by atoms with Gasteiger partial charge in [0.1, 0.15) is 18.1 Å². The topological polar surface area (TPSA) is 100.0 Å². The molecule has 5 rings (SSSR count). The van der Waals surface area contributed by atoms with Crippen LogP contribution in [0.15, 0.2) is 88.4 Å². The molecule has 0 saturated heterocycles.